The molecule has 1 aromatic rings. The molecule has 0 fully saturated rings. The maximum Gasteiger partial charge on any atom is 0.284 e. The van der Waals surface area contributed by atoms with E-state index in [1.165, 1.54) is 5.57 Å². The molecule has 0 radical (unpaired) electrons. The van der Waals surface area contributed by atoms with Crippen molar-refractivity contribution in [2.75, 3.05) is 6.54 Å². The Labute approximate surface area is 157 Å². The van der Waals surface area contributed by atoms with Gasteiger partial charge in [-0.2, -0.15) is 10.1 Å². The summed E-state index contributed by atoms with van der Waals surface area (Å²) in [6.45, 7) is 7.30. The molecule has 0 saturated carbocycles. The number of amidine groups is 2. The van der Waals surface area contributed by atoms with Crippen molar-refractivity contribution >= 4 is 17.6 Å². The second-order valence-corrected chi connectivity index (χ2v) is 7.58. The molecule has 0 unspecified atom stereocenters. The van der Waals surface area contributed by atoms with E-state index in [0.29, 0.717) is 29.4 Å². The van der Waals surface area contributed by atoms with Crippen LogP contribution in [0.4, 0.5) is 0 Å². The molecule has 3 aliphatic heterocycles. The highest BCUT2D eigenvalue weighted by Gasteiger charge is 2.31. The van der Waals surface area contributed by atoms with E-state index in [1.54, 1.807) is 24.5 Å². The van der Waals surface area contributed by atoms with Gasteiger partial charge in [0.15, 0.2) is 11.7 Å². The van der Waals surface area contributed by atoms with Gasteiger partial charge in [-0.05, 0) is 50.8 Å². The fourth-order valence-corrected chi connectivity index (χ4v) is 3.06. The van der Waals surface area contributed by atoms with Gasteiger partial charge in [-0.25, -0.2) is 4.99 Å². The normalized spacial score (nSPS) is 19.1. The molecule has 4 rings (SSSR count). The molecule has 0 bridgehead atoms. The van der Waals surface area contributed by atoms with Gasteiger partial charge in [0.1, 0.15) is 5.57 Å². The van der Waals surface area contributed by atoms with Crippen molar-refractivity contribution in [1.82, 2.24) is 9.88 Å². The van der Waals surface area contributed by atoms with Crippen molar-refractivity contribution < 1.29 is 4.79 Å². The molecule has 4 heterocycles. The lowest BCUT2D eigenvalue weighted by Gasteiger charge is -2.37. The van der Waals surface area contributed by atoms with E-state index < -0.39 is 0 Å². The third-order valence-corrected chi connectivity index (χ3v) is 4.58. The predicted octanol–water partition coefficient (Wildman–Crippen LogP) is 3.43. The smallest absolute Gasteiger partial charge is 0.284 e. The van der Waals surface area contributed by atoms with E-state index in [-0.39, 0.29) is 11.4 Å². The molecule has 27 heavy (non-hydrogen) atoms. The molecular formula is C20H20N6O. The summed E-state index contributed by atoms with van der Waals surface area (Å²) in [6, 6.07) is 3.52. The Morgan fingerprint density at radius 1 is 1.07 bits per heavy atom. The number of allylic oxidation sites excluding steroid dienone is 3. The molecule has 7 nitrogen and oxygen atoms in total. The number of hydrogen-bond donors (Lipinski definition) is 0. The quantitative estimate of drug-likeness (QED) is 0.828. The lowest BCUT2D eigenvalue weighted by molar-refractivity contribution is -0.114. The molecule has 0 aliphatic carbocycles. The number of carbonyl (C=O) groups is 1. The van der Waals surface area contributed by atoms with Gasteiger partial charge in [-0.3, -0.25) is 9.78 Å². The van der Waals surface area contributed by atoms with Crippen molar-refractivity contribution in [2.24, 2.45) is 20.2 Å². The Morgan fingerprint density at radius 2 is 1.85 bits per heavy atom. The van der Waals surface area contributed by atoms with Gasteiger partial charge < -0.3 is 4.90 Å². The van der Waals surface area contributed by atoms with Crippen molar-refractivity contribution in [3.05, 3.63) is 65.3 Å². The average molecular weight is 360 g/mol. The van der Waals surface area contributed by atoms with Crippen LogP contribution in [0.2, 0.25) is 0 Å². The number of amides is 1. The first-order valence-electron chi connectivity index (χ1n) is 8.82. The van der Waals surface area contributed by atoms with Gasteiger partial charge >= 0.3 is 0 Å². The molecular weight excluding hydrogens is 340 g/mol. The van der Waals surface area contributed by atoms with Crippen LogP contribution in [0.5, 0.6) is 0 Å². The molecule has 3 aliphatic rings. The highest BCUT2D eigenvalue weighted by atomic mass is 16.1. The summed E-state index contributed by atoms with van der Waals surface area (Å²) in [7, 11) is 0. The molecule has 7 heteroatoms. The minimum atomic E-state index is -0.341. The lowest BCUT2D eigenvalue weighted by Crippen LogP contribution is -2.39. The number of hydrogen-bond acceptors (Lipinski definition) is 6. The van der Waals surface area contributed by atoms with Gasteiger partial charge in [-0.1, -0.05) is 6.08 Å². The minimum absolute atomic E-state index is 0.0298. The lowest BCUT2D eigenvalue weighted by atomic mass is 9.99. The highest BCUT2D eigenvalue weighted by molar-refractivity contribution is 6.31. The van der Waals surface area contributed by atoms with Gasteiger partial charge in [0, 0.05) is 36.5 Å². The number of rotatable bonds is 3. The Hall–Kier alpha value is -3.22. The second-order valence-electron chi connectivity index (χ2n) is 7.58. The van der Waals surface area contributed by atoms with Gasteiger partial charge in [-0.15, -0.1) is 5.11 Å². The fourth-order valence-electron chi connectivity index (χ4n) is 3.06. The summed E-state index contributed by atoms with van der Waals surface area (Å²) in [5, 5.41) is 8.35. The SMILES string of the molecule is CC(C)(C)N1C=CC=C(CC2=C3C(=O)N=C(c4ccncc4)N=C3N=N2)C1. The summed E-state index contributed by atoms with van der Waals surface area (Å²) >= 11 is 0. The van der Waals surface area contributed by atoms with Crippen LogP contribution in [0.15, 0.2) is 79.9 Å². The number of carbonyl (C=O) groups excluding carboxylic acids is 1. The third-order valence-electron chi connectivity index (χ3n) is 4.58. The standard InChI is InChI=1S/C20H20N6O/c1-20(2,3)26-10-4-5-13(12-26)11-15-16-18(25-24-15)22-17(23-19(16)27)14-6-8-21-9-7-14/h4-10H,11-12H2,1-3H3. The van der Waals surface area contributed by atoms with Gasteiger partial charge in [0.25, 0.3) is 5.91 Å². The summed E-state index contributed by atoms with van der Waals surface area (Å²) in [5.41, 5.74) is 2.97. The van der Waals surface area contributed by atoms with Crippen LogP contribution in [0.1, 0.15) is 32.8 Å². The minimum Gasteiger partial charge on any atom is -0.369 e. The third kappa shape index (κ3) is 3.40. The first kappa shape index (κ1) is 17.2. The summed E-state index contributed by atoms with van der Waals surface area (Å²) in [4.78, 5) is 27.4. The van der Waals surface area contributed by atoms with Crippen LogP contribution in [-0.4, -0.2) is 39.5 Å². The zero-order valence-electron chi connectivity index (χ0n) is 15.5. The van der Waals surface area contributed by atoms with Crippen LogP contribution >= 0.6 is 0 Å². The number of nitrogens with zero attached hydrogens (tertiary/aromatic N) is 6. The molecule has 1 aromatic heterocycles. The zero-order valence-corrected chi connectivity index (χ0v) is 15.5. The first-order valence-corrected chi connectivity index (χ1v) is 8.82. The van der Waals surface area contributed by atoms with Crippen LogP contribution in [0, 0.1) is 0 Å². The van der Waals surface area contributed by atoms with Crippen LogP contribution in [0.3, 0.4) is 0 Å². The van der Waals surface area contributed by atoms with Gasteiger partial charge in [0.2, 0.25) is 0 Å². The summed E-state index contributed by atoms with van der Waals surface area (Å²) in [6.07, 6.45) is 10.0. The van der Waals surface area contributed by atoms with E-state index in [9.17, 15) is 4.79 Å². The molecule has 0 spiro atoms. The van der Waals surface area contributed by atoms with E-state index in [0.717, 1.165) is 12.1 Å². The monoisotopic (exact) mass is 360 g/mol. The van der Waals surface area contributed by atoms with Crippen LogP contribution in [-0.2, 0) is 4.79 Å². The number of azo groups is 1. The molecule has 0 aromatic carbocycles. The maximum atomic E-state index is 12.6. The Morgan fingerprint density at radius 3 is 2.59 bits per heavy atom. The number of aromatic nitrogens is 1. The number of aliphatic imine (C=N–C) groups is 2. The zero-order chi connectivity index (χ0) is 19.0. The van der Waals surface area contributed by atoms with Crippen LogP contribution < -0.4 is 0 Å². The van der Waals surface area contributed by atoms with E-state index in [4.69, 9.17) is 0 Å². The molecule has 0 saturated heterocycles. The summed E-state index contributed by atoms with van der Waals surface area (Å²) in [5.74, 6) is 0.350. The largest absolute Gasteiger partial charge is 0.369 e. The fraction of sp³-hybridized carbons (Fsp3) is 0.300. The van der Waals surface area contributed by atoms with E-state index in [2.05, 4.69) is 63.1 Å². The Bertz CT molecular complexity index is 973. The molecule has 136 valence electrons. The molecule has 1 amide bonds. The Kier molecular flexibility index (Phi) is 4.14. The van der Waals surface area contributed by atoms with Crippen molar-refractivity contribution in [2.45, 2.75) is 32.7 Å². The van der Waals surface area contributed by atoms with Crippen molar-refractivity contribution in [3.8, 4) is 0 Å². The van der Waals surface area contributed by atoms with E-state index in [1.807, 2.05) is 6.08 Å². The molecule has 0 N–H and O–H groups in total. The van der Waals surface area contributed by atoms with Crippen molar-refractivity contribution in [3.63, 3.8) is 0 Å². The first-order chi connectivity index (χ1) is 12.9. The highest BCUT2D eigenvalue weighted by Crippen LogP contribution is 2.30. The number of pyridine rings is 1. The van der Waals surface area contributed by atoms with Crippen molar-refractivity contribution in [1.29, 1.82) is 0 Å². The number of fused-ring (bicyclic) bond motifs is 1. The topological polar surface area (TPSA) is 82.6 Å². The molecule has 0 atom stereocenters. The maximum absolute atomic E-state index is 12.6. The van der Waals surface area contributed by atoms with E-state index >= 15 is 0 Å². The summed E-state index contributed by atoms with van der Waals surface area (Å²) < 4.78 is 0. The second kappa shape index (κ2) is 6.50. The van der Waals surface area contributed by atoms with Crippen LogP contribution in [0.25, 0.3) is 0 Å². The Balaban J connectivity index is 1.58. The average Bonchev–Trinajstić information content (AvgIpc) is 3.05. The van der Waals surface area contributed by atoms with Gasteiger partial charge in [0.05, 0.1) is 5.70 Å². The predicted molar refractivity (Wildman–Crippen MR) is 103 cm³/mol.